The van der Waals surface area contributed by atoms with Crippen molar-refractivity contribution in [1.82, 2.24) is 4.98 Å². The van der Waals surface area contributed by atoms with E-state index >= 15 is 0 Å². The molecule has 0 amide bonds. The predicted molar refractivity (Wildman–Crippen MR) is 131 cm³/mol. The average Bonchev–Trinajstić information content (AvgIpc) is 3.35. The summed E-state index contributed by atoms with van der Waals surface area (Å²) in [5.41, 5.74) is 2.46. The van der Waals surface area contributed by atoms with Crippen molar-refractivity contribution >= 4 is 64.1 Å². The van der Waals surface area contributed by atoms with E-state index in [9.17, 15) is 0 Å². The fourth-order valence-corrected chi connectivity index (χ4v) is 5.23. The number of fused-ring (bicyclic) bond motifs is 10. The van der Waals surface area contributed by atoms with Crippen LogP contribution >= 0.6 is 11.3 Å². The molecule has 1 N–H and O–H groups in total. The first-order valence-corrected chi connectivity index (χ1v) is 11.0. The first kappa shape index (κ1) is 18.5. The summed E-state index contributed by atoms with van der Waals surface area (Å²) >= 11 is 1.90. The Balaban J connectivity index is 0.000000455. The van der Waals surface area contributed by atoms with Gasteiger partial charge in [-0.05, 0) is 12.1 Å². The van der Waals surface area contributed by atoms with Gasteiger partial charge < -0.3 is 4.98 Å². The zero-order chi connectivity index (χ0) is 19.7. The molecule has 6 rings (SSSR count). The first-order valence-electron chi connectivity index (χ1n) is 10.1. The van der Waals surface area contributed by atoms with Gasteiger partial charge in [0, 0.05) is 48.7 Å². The Morgan fingerprint density at radius 3 is 1.93 bits per heavy atom. The van der Waals surface area contributed by atoms with E-state index in [4.69, 9.17) is 0 Å². The highest BCUT2D eigenvalue weighted by Gasteiger charge is 2.17. The molecule has 0 aliphatic heterocycles. The molecule has 0 atom stereocenters. The number of thiophene rings is 1. The van der Waals surface area contributed by atoms with Crippen LogP contribution in [0.5, 0.6) is 0 Å². The highest BCUT2D eigenvalue weighted by Crippen LogP contribution is 2.45. The van der Waals surface area contributed by atoms with Crippen LogP contribution in [0.4, 0.5) is 0 Å². The van der Waals surface area contributed by atoms with Gasteiger partial charge in [0.05, 0.1) is 5.52 Å². The summed E-state index contributed by atoms with van der Waals surface area (Å²) in [5, 5.41) is 8.07. The fraction of sp³-hybridized carbons (Fsp3) is 0.154. The van der Waals surface area contributed by atoms with Gasteiger partial charge in [-0.3, -0.25) is 0 Å². The molecule has 0 aliphatic carbocycles. The highest BCUT2D eigenvalue weighted by atomic mass is 32.1. The molecule has 0 saturated heterocycles. The maximum absolute atomic E-state index is 3.67. The van der Waals surface area contributed by atoms with Crippen molar-refractivity contribution in [3.8, 4) is 0 Å². The number of hydrogen-bond donors (Lipinski definition) is 1. The summed E-state index contributed by atoms with van der Waals surface area (Å²) in [6, 6.07) is 26.1. The molecule has 2 heterocycles. The van der Waals surface area contributed by atoms with Gasteiger partial charge in [0.15, 0.2) is 0 Å². The molecular weight excluding hydrogens is 358 g/mol. The van der Waals surface area contributed by atoms with Crippen molar-refractivity contribution < 1.29 is 1.43 Å². The van der Waals surface area contributed by atoms with E-state index in [1.54, 1.807) is 0 Å². The molecule has 0 saturated carbocycles. The summed E-state index contributed by atoms with van der Waals surface area (Å²) in [4.78, 5) is 3.67. The fourth-order valence-electron chi connectivity index (χ4n) is 3.99. The van der Waals surface area contributed by atoms with Gasteiger partial charge in [-0.1, -0.05) is 88.4 Å². The van der Waals surface area contributed by atoms with Crippen molar-refractivity contribution in [3.05, 3.63) is 72.8 Å². The summed E-state index contributed by atoms with van der Waals surface area (Å²) in [7, 11) is 0. The van der Waals surface area contributed by atoms with Gasteiger partial charge in [0.1, 0.15) is 0 Å². The van der Waals surface area contributed by atoms with Crippen LogP contribution in [0.2, 0.25) is 0 Å². The van der Waals surface area contributed by atoms with Crippen molar-refractivity contribution in [2.24, 2.45) is 0 Å². The number of aromatic amines is 1. The minimum Gasteiger partial charge on any atom is -0.354 e. The van der Waals surface area contributed by atoms with Gasteiger partial charge in [-0.15, -0.1) is 11.3 Å². The Kier molecular flexibility index (Phi) is 5.06. The molecule has 2 aromatic heterocycles. The second kappa shape index (κ2) is 7.65. The van der Waals surface area contributed by atoms with Crippen molar-refractivity contribution in [3.63, 3.8) is 0 Å². The Hall–Kier alpha value is -2.84. The quantitative estimate of drug-likeness (QED) is 0.268. The van der Waals surface area contributed by atoms with Gasteiger partial charge in [-0.2, -0.15) is 0 Å². The molecule has 142 valence electrons. The SMILES string of the molecule is CC.CC.[HH].c1ccc2c(c1)[nH]c1c3ccccc3c3sc4ccccc4c3c21. The molecule has 0 bridgehead atoms. The molecule has 1 nitrogen and oxygen atoms in total. The molecule has 0 unspecified atom stereocenters. The van der Waals surface area contributed by atoms with Crippen LogP contribution in [0, 0.1) is 0 Å². The molecule has 0 aliphatic rings. The molecule has 6 aromatic rings. The minimum atomic E-state index is 0. The highest BCUT2D eigenvalue weighted by molar-refractivity contribution is 7.27. The molecule has 0 spiro atoms. The lowest BCUT2D eigenvalue weighted by Gasteiger charge is -2.03. The van der Waals surface area contributed by atoms with Gasteiger partial charge >= 0.3 is 0 Å². The maximum atomic E-state index is 3.67. The molecule has 28 heavy (non-hydrogen) atoms. The summed E-state index contributed by atoms with van der Waals surface area (Å²) in [5.74, 6) is 0. The van der Waals surface area contributed by atoms with Crippen LogP contribution in [0.15, 0.2) is 72.8 Å². The molecular formula is C26H27NS. The van der Waals surface area contributed by atoms with Gasteiger partial charge in [-0.25, -0.2) is 0 Å². The third kappa shape index (κ3) is 2.60. The predicted octanol–water partition coefficient (Wildman–Crippen LogP) is 9.14. The van der Waals surface area contributed by atoms with E-state index < -0.39 is 0 Å². The van der Waals surface area contributed by atoms with Crippen LogP contribution < -0.4 is 0 Å². The largest absolute Gasteiger partial charge is 0.354 e. The van der Waals surface area contributed by atoms with Crippen LogP contribution in [0.3, 0.4) is 0 Å². The zero-order valence-corrected chi connectivity index (χ0v) is 17.7. The van der Waals surface area contributed by atoms with Crippen LogP contribution in [0.25, 0.3) is 52.8 Å². The van der Waals surface area contributed by atoms with Crippen LogP contribution in [-0.2, 0) is 0 Å². The second-order valence-electron chi connectivity index (χ2n) is 6.27. The normalized spacial score (nSPS) is 10.9. The smallest absolute Gasteiger partial charge is 0.0551 e. The Labute approximate surface area is 171 Å². The molecule has 2 heteroatoms. The number of nitrogens with one attached hydrogen (secondary N) is 1. The van der Waals surface area contributed by atoms with Crippen LogP contribution in [-0.4, -0.2) is 4.98 Å². The Morgan fingerprint density at radius 2 is 1.18 bits per heavy atom. The van der Waals surface area contributed by atoms with E-state index in [1.807, 2.05) is 39.0 Å². The van der Waals surface area contributed by atoms with E-state index in [-0.39, 0.29) is 1.43 Å². The summed E-state index contributed by atoms with van der Waals surface area (Å²) in [6.07, 6.45) is 0. The molecule has 4 aromatic carbocycles. The number of rotatable bonds is 0. The van der Waals surface area contributed by atoms with E-state index in [1.165, 1.54) is 52.8 Å². The number of H-pyrrole nitrogens is 1. The van der Waals surface area contributed by atoms with Crippen molar-refractivity contribution in [2.75, 3.05) is 0 Å². The standard InChI is InChI=1S/C22H13NS.2C2H6.H2/c1-2-8-14-13(7-1)21-19(15-9-3-5-11-17(15)23-21)20-16-10-4-6-12-18(16)24-22(14)20;2*1-2;/h1-12,23H;2*1-2H3;1H. The van der Waals surface area contributed by atoms with Crippen molar-refractivity contribution in [1.29, 1.82) is 0 Å². The Morgan fingerprint density at radius 1 is 0.607 bits per heavy atom. The zero-order valence-electron chi connectivity index (χ0n) is 16.8. The monoisotopic (exact) mass is 385 g/mol. The number of para-hydroxylation sites is 1. The lowest BCUT2D eigenvalue weighted by molar-refractivity contribution is 1.50. The lowest BCUT2D eigenvalue weighted by Crippen LogP contribution is -1.77. The second-order valence-corrected chi connectivity index (χ2v) is 7.32. The number of hydrogen-bond acceptors (Lipinski definition) is 1. The van der Waals surface area contributed by atoms with Gasteiger partial charge in [0.25, 0.3) is 0 Å². The Bertz CT molecular complexity index is 1300. The third-order valence-corrected chi connectivity index (χ3v) is 6.20. The maximum Gasteiger partial charge on any atom is 0.0551 e. The number of benzene rings is 4. The van der Waals surface area contributed by atoms with Crippen LogP contribution in [0.1, 0.15) is 29.1 Å². The minimum absolute atomic E-state index is 0. The third-order valence-electron chi connectivity index (χ3n) is 4.99. The van der Waals surface area contributed by atoms with Gasteiger partial charge in [0.2, 0.25) is 0 Å². The molecule has 0 fully saturated rings. The summed E-state index contributed by atoms with van der Waals surface area (Å²) in [6.45, 7) is 8.00. The van der Waals surface area contributed by atoms with E-state index in [0.717, 1.165) is 0 Å². The lowest BCUT2D eigenvalue weighted by atomic mass is 10.00. The first-order chi connectivity index (χ1) is 13.9. The average molecular weight is 386 g/mol. The number of aromatic nitrogens is 1. The van der Waals surface area contributed by atoms with E-state index in [2.05, 4.69) is 77.8 Å². The van der Waals surface area contributed by atoms with Crippen molar-refractivity contribution in [2.45, 2.75) is 27.7 Å². The summed E-state index contributed by atoms with van der Waals surface area (Å²) < 4.78 is 2.75. The van der Waals surface area contributed by atoms with E-state index in [0.29, 0.717) is 0 Å². The topological polar surface area (TPSA) is 15.8 Å². The molecule has 0 radical (unpaired) electrons.